The van der Waals surface area contributed by atoms with Gasteiger partial charge in [-0.2, -0.15) is 13.2 Å². The standard InChI is InChI=1S/C44H47F3N8O7/c1-22(25-14-26(44(45,46)47)17-27(48)15-25)50-38-30-18-35(34(61-4)19-31(30)51-23(2)52-38)62-21-43(11-12-43)20-28-16-24(39(57)49-3)10-13-54(28)32-7-5-6-29-37(32)42(60)55(41(29)59)33-8-9-36(56)53-40(33)58/h5-7,14-15,17-19,22,24,28,33H,8-13,16,20-21,48H2,1-4H3,(H,49,57)(H,50,51,52)(H,53,56,58)/t22-,24?,28?,33?/m1/s1. The Morgan fingerprint density at radius 2 is 1.82 bits per heavy atom. The van der Waals surface area contributed by atoms with Crippen LogP contribution in [-0.4, -0.2) is 83.8 Å². The summed E-state index contributed by atoms with van der Waals surface area (Å²) in [5.41, 5.74) is 6.43. The topological polar surface area (TPSA) is 198 Å². The van der Waals surface area contributed by atoms with E-state index in [0.29, 0.717) is 71.1 Å². The van der Waals surface area contributed by atoms with Gasteiger partial charge in [0, 0.05) is 54.5 Å². The molecule has 3 fully saturated rings. The molecule has 1 saturated carbocycles. The van der Waals surface area contributed by atoms with Crippen LogP contribution in [0.2, 0.25) is 0 Å². The summed E-state index contributed by atoms with van der Waals surface area (Å²) in [6.45, 7) is 4.12. The molecule has 1 aromatic heterocycles. The minimum atomic E-state index is -4.58. The van der Waals surface area contributed by atoms with Gasteiger partial charge in [-0.25, -0.2) is 9.97 Å². The summed E-state index contributed by atoms with van der Waals surface area (Å²) in [7, 11) is 3.11. The van der Waals surface area contributed by atoms with Gasteiger partial charge in [-0.05, 0) is 94.3 Å². The fourth-order valence-corrected chi connectivity index (χ4v) is 9.07. The molecular formula is C44H47F3N8O7. The van der Waals surface area contributed by atoms with Crippen LogP contribution in [0.5, 0.6) is 11.5 Å². The van der Waals surface area contributed by atoms with E-state index in [-0.39, 0.29) is 59.5 Å². The number of hydrogen-bond acceptors (Lipinski definition) is 12. The number of nitrogens with zero attached hydrogens (tertiary/aromatic N) is 4. The van der Waals surface area contributed by atoms with Crippen molar-refractivity contribution in [2.75, 3.05) is 43.3 Å². The molecule has 0 bridgehead atoms. The smallest absolute Gasteiger partial charge is 0.416 e. The maximum Gasteiger partial charge on any atom is 0.416 e. The van der Waals surface area contributed by atoms with Crippen molar-refractivity contribution in [3.05, 3.63) is 76.6 Å². The molecule has 3 unspecified atom stereocenters. The van der Waals surface area contributed by atoms with E-state index in [4.69, 9.17) is 15.2 Å². The summed E-state index contributed by atoms with van der Waals surface area (Å²) in [4.78, 5) is 77.8. The molecule has 4 atom stereocenters. The van der Waals surface area contributed by atoms with Gasteiger partial charge in [-0.1, -0.05) is 6.07 Å². The fraction of sp³-hybridized carbons (Fsp3) is 0.432. The van der Waals surface area contributed by atoms with E-state index in [1.54, 1.807) is 51.2 Å². The van der Waals surface area contributed by atoms with E-state index in [1.807, 2.05) is 0 Å². The molecule has 18 heteroatoms. The Bertz CT molecular complexity index is 2510. The molecule has 4 aliphatic rings. The molecule has 0 spiro atoms. The number of fused-ring (bicyclic) bond motifs is 2. The van der Waals surface area contributed by atoms with Crippen molar-refractivity contribution in [1.82, 2.24) is 25.5 Å². The molecule has 15 nitrogen and oxygen atoms in total. The van der Waals surface area contributed by atoms with Crippen molar-refractivity contribution in [1.29, 1.82) is 0 Å². The number of halogens is 3. The number of amides is 5. The molecule has 62 heavy (non-hydrogen) atoms. The zero-order valence-electron chi connectivity index (χ0n) is 34.7. The van der Waals surface area contributed by atoms with Gasteiger partial charge >= 0.3 is 6.18 Å². The van der Waals surface area contributed by atoms with Crippen LogP contribution >= 0.6 is 0 Å². The lowest BCUT2D eigenvalue weighted by atomic mass is 9.83. The molecule has 5 N–H and O–H groups in total. The largest absolute Gasteiger partial charge is 0.493 e. The quantitative estimate of drug-likeness (QED) is 0.100. The number of methoxy groups -OCH3 is 1. The Balaban J connectivity index is 1.06. The number of hydrogen-bond donors (Lipinski definition) is 4. The summed E-state index contributed by atoms with van der Waals surface area (Å²) in [5, 5.41) is 8.82. The number of rotatable bonds is 12. The van der Waals surface area contributed by atoms with Crippen molar-refractivity contribution in [3.63, 3.8) is 0 Å². The van der Waals surface area contributed by atoms with Crippen molar-refractivity contribution in [3.8, 4) is 11.5 Å². The number of ether oxygens (including phenoxy) is 2. The minimum absolute atomic E-state index is 0.00488. The number of nitrogens with two attached hydrogens (primary N) is 1. The van der Waals surface area contributed by atoms with Crippen LogP contribution in [0.1, 0.15) is 95.6 Å². The van der Waals surface area contributed by atoms with Crippen molar-refractivity contribution in [2.24, 2.45) is 11.3 Å². The minimum Gasteiger partial charge on any atom is -0.493 e. The number of carbonyl (C=O) groups excluding carboxylic acids is 5. The lowest BCUT2D eigenvalue weighted by Gasteiger charge is -2.42. The predicted molar refractivity (Wildman–Crippen MR) is 222 cm³/mol. The second-order valence-corrected chi connectivity index (χ2v) is 16.7. The third-order valence-corrected chi connectivity index (χ3v) is 12.5. The summed E-state index contributed by atoms with van der Waals surface area (Å²) >= 11 is 0. The number of anilines is 3. The Hall–Kier alpha value is -6.46. The van der Waals surface area contributed by atoms with Crippen molar-refractivity contribution < 1.29 is 46.6 Å². The molecule has 3 aliphatic heterocycles. The molecule has 8 rings (SSSR count). The fourth-order valence-electron chi connectivity index (χ4n) is 9.07. The first kappa shape index (κ1) is 42.2. The average molecular weight is 857 g/mol. The zero-order valence-corrected chi connectivity index (χ0v) is 34.7. The summed E-state index contributed by atoms with van der Waals surface area (Å²) in [6, 6.07) is 9.99. The molecule has 4 aromatic rings. The summed E-state index contributed by atoms with van der Waals surface area (Å²) in [6.07, 6.45) is -1.32. The number of nitrogen functional groups attached to an aromatic ring is 1. The Kier molecular flexibility index (Phi) is 11.0. The predicted octanol–water partition coefficient (Wildman–Crippen LogP) is 5.70. The number of aromatic nitrogens is 2. The van der Waals surface area contributed by atoms with Gasteiger partial charge in [0.15, 0.2) is 11.5 Å². The molecule has 4 heterocycles. The molecule has 2 saturated heterocycles. The van der Waals surface area contributed by atoms with E-state index in [2.05, 4.69) is 30.8 Å². The highest BCUT2D eigenvalue weighted by Crippen LogP contribution is 2.53. The van der Waals surface area contributed by atoms with Crippen molar-refractivity contribution in [2.45, 2.75) is 83.1 Å². The van der Waals surface area contributed by atoms with Crippen LogP contribution in [-0.2, 0) is 20.6 Å². The molecule has 0 radical (unpaired) electrons. The number of piperidine rings is 2. The lowest BCUT2D eigenvalue weighted by molar-refractivity contribution is -0.138. The number of benzene rings is 3. The van der Waals surface area contributed by atoms with Crippen LogP contribution in [0.15, 0.2) is 48.5 Å². The molecule has 5 amide bonds. The molecule has 1 aliphatic carbocycles. The first-order chi connectivity index (χ1) is 29.5. The van der Waals surface area contributed by atoms with Gasteiger partial charge in [-0.3, -0.25) is 34.2 Å². The maximum absolute atomic E-state index is 14.1. The Morgan fingerprint density at radius 3 is 2.52 bits per heavy atom. The molecule has 3 aromatic carbocycles. The second kappa shape index (κ2) is 16.1. The van der Waals surface area contributed by atoms with Crippen LogP contribution in [0.3, 0.4) is 0 Å². The number of aryl methyl sites for hydroxylation is 1. The summed E-state index contributed by atoms with van der Waals surface area (Å²) < 4.78 is 53.3. The van der Waals surface area contributed by atoms with E-state index in [9.17, 15) is 37.1 Å². The molecular weight excluding hydrogens is 810 g/mol. The first-order valence-corrected chi connectivity index (χ1v) is 20.6. The number of nitrogens with one attached hydrogen (secondary N) is 3. The van der Waals surface area contributed by atoms with Gasteiger partial charge in [0.05, 0.1) is 47.7 Å². The third-order valence-electron chi connectivity index (χ3n) is 12.5. The van der Waals surface area contributed by atoms with Crippen LogP contribution in [0.4, 0.5) is 30.4 Å². The van der Waals surface area contributed by atoms with E-state index in [0.717, 1.165) is 29.9 Å². The van der Waals surface area contributed by atoms with Gasteiger partial charge in [-0.15, -0.1) is 0 Å². The van der Waals surface area contributed by atoms with Crippen molar-refractivity contribution >= 4 is 57.6 Å². The average Bonchev–Trinajstić information content (AvgIpc) is 3.95. The Labute approximate surface area is 354 Å². The van der Waals surface area contributed by atoms with E-state index in [1.165, 1.54) is 13.2 Å². The lowest BCUT2D eigenvalue weighted by Crippen LogP contribution is -2.54. The zero-order chi connectivity index (χ0) is 44.2. The van der Waals surface area contributed by atoms with Gasteiger partial charge in [0.1, 0.15) is 17.7 Å². The normalized spacial score (nSPS) is 21.4. The first-order valence-electron chi connectivity index (χ1n) is 20.6. The van der Waals surface area contributed by atoms with Gasteiger partial charge in [0.25, 0.3) is 11.8 Å². The SMILES string of the molecule is CNC(=O)C1CCN(c2cccc3c2C(=O)N(C2CCC(=O)NC2=O)C3=O)C(CC2(COc3cc4c(N[C@H](C)c5cc(N)cc(C(F)(F)F)c5)nc(C)nc4cc3OC)CC2)C1. The van der Waals surface area contributed by atoms with Crippen LogP contribution in [0, 0.1) is 18.3 Å². The maximum atomic E-state index is 14.1. The van der Waals surface area contributed by atoms with Crippen LogP contribution in [0.25, 0.3) is 10.9 Å². The number of carbonyl (C=O) groups is 5. The Morgan fingerprint density at radius 1 is 1.05 bits per heavy atom. The highest BCUT2D eigenvalue weighted by atomic mass is 19.4. The monoisotopic (exact) mass is 856 g/mol. The third kappa shape index (κ3) is 8.04. The van der Waals surface area contributed by atoms with Gasteiger partial charge in [0.2, 0.25) is 17.7 Å². The number of alkyl halides is 3. The molecule has 326 valence electrons. The van der Waals surface area contributed by atoms with Gasteiger partial charge < -0.3 is 30.7 Å². The van der Waals surface area contributed by atoms with Crippen LogP contribution < -0.4 is 36.1 Å². The second-order valence-electron chi connectivity index (χ2n) is 16.7. The highest BCUT2D eigenvalue weighted by Gasteiger charge is 2.50. The van der Waals surface area contributed by atoms with E-state index >= 15 is 0 Å². The number of imide groups is 2. The summed E-state index contributed by atoms with van der Waals surface area (Å²) in [5.74, 6) is -1.10. The van der Waals surface area contributed by atoms with E-state index < -0.39 is 47.5 Å². The highest BCUT2D eigenvalue weighted by molar-refractivity contribution is 6.25.